The predicted octanol–water partition coefficient (Wildman–Crippen LogP) is 5.12. The highest BCUT2D eigenvalue weighted by molar-refractivity contribution is 9.10. The van der Waals surface area contributed by atoms with Gasteiger partial charge in [0.05, 0.1) is 25.2 Å². The number of benzene rings is 2. The predicted molar refractivity (Wildman–Crippen MR) is 136 cm³/mol. The van der Waals surface area contributed by atoms with Crippen LogP contribution >= 0.6 is 15.9 Å². The van der Waals surface area contributed by atoms with E-state index in [0.717, 1.165) is 42.7 Å². The molecule has 5 nitrogen and oxygen atoms in total. The molecule has 0 bridgehead atoms. The van der Waals surface area contributed by atoms with Gasteiger partial charge in [-0.05, 0) is 55.0 Å². The van der Waals surface area contributed by atoms with E-state index >= 15 is 0 Å². The van der Waals surface area contributed by atoms with Gasteiger partial charge in [0, 0.05) is 30.0 Å². The molecule has 3 aliphatic rings. The summed E-state index contributed by atoms with van der Waals surface area (Å²) in [7, 11) is 1.69. The van der Waals surface area contributed by atoms with Gasteiger partial charge >= 0.3 is 0 Å². The molecule has 3 fully saturated rings. The Labute approximate surface area is 211 Å². The van der Waals surface area contributed by atoms with E-state index in [0.29, 0.717) is 12.5 Å². The number of nitrogens with zero attached hydrogens (tertiary/aromatic N) is 2. The first kappa shape index (κ1) is 23.8. The zero-order valence-corrected chi connectivity index (χ0v) is 22.2. The van der Waals surface area contributed by atoms with Gasteiger partial charge in [-0.1, -0.05) is 60.1 Å². The van der Waals surface area contributed by atoms with Gasteiger partial charge in [0.25, 0.3) is 0 Å². The van der Waals surface area contributed by atoms with Crippen LogP contribution in [0.3, 0.4) is 0 Å². The number of carbonyl (C=O) groups is 1. The van der Waals surface area contributed by atoms with Crippen molar-refractivity contribution in [2.24, 2.45) is 17.3 Å². The summed E-state index contributed by atoms with van der Waals surface area (Å²) in [4.78, 5) is 18.9. The fraction of sp³-hybridized carbons (Fsp3) is 0.536. The minimum atomic E-state index is -0.539. The third-order valence-electron chi connectivity index (χ3n) is 8.37. The number of methoxy groups -OCH3 is 1. The quantitative estimate of drug-likeness (QED) is 0.501. The summed E-state index contributed by atoms with van der Waals surface area (Å²) in [5.74, 6) is 1.64. The number of fused-ring (bicyclic) bond motifs is 3. The normalized spacial score (nSPS) is 30.8. The zero-order chi connectivity index (χ0) is 24.1. The second-order valence-corrected chi connectivity index (χ2v) is 11.5. The lowest BCUT2D eigenvalue weighted by atomic mass is 9.73. The molecule has 0 aromatic heterocycles. The van der Waals surface area contributed by atoms with Crippen LogP contribution in [0.4, 0.5) is 0 Å². The number of hydrogen-bond donors (Lipinski definition) is 0. The summed E-state index contributed by atoms with van der Waals surface area (Å²) in [5.41, 5.74) is 1.48. The van der Waals surface area contributed by atoms with Gasteiger partial charge in [-0.2, -0.15) is 0 Å². The molecule has 0 aliphatic carbocycles. The van der Waals surface area contributed by atoms with Crippen LogP contribution in [0.2, 0.25) is 0 Å². The number of ether oxygens (including phenoxy) is 2. The van der Waals surface area contributed by atoms with E-state index in [9.17, 15) is 4.79 Å². The third-order valence-corrected chi connectivity index (χ3v) is 9.15. The molecule has 1 amide bonds. The molecule has 3 saturated heterocycles. The zero-order valence-electron chi connectivity index (χ0n) is 20.6. The molecule has 0 radical (unpaired) electrons. The van der Waals surface area contributed by atoms with Crippen LogP contribution in [0, 0.1) is 17.3 Å². The van der Waals surface area contributed by atoms with Gasteiger partial charge in [-0.15, -0.1) is 0 Å². The first-order chi connectivity index (χ1) is 16.3. The van der Waals surface area contributed by atoms with Crippen molar-refractivity contribution in [3.8, 4) is 5.75 Å². The highest BCUT2D eigenvalue weighted by atomic mass is 79.9. The molecular weight excluding hydrogens is 492 g/mol. The third kappa shape index (κ3) is 3.78. The van der Waals surface area contributed by atoms with Gasteiger partial charge < -0.3 is 14.4 Å². The SMILES string of the molecule is COc1ccc(Br)c(CC[C@]23CN(Cc4ccccc4)C[C@H]2[C@@]2(C)OC[C@H](C(C)C)N2C3=O)c1. The summed E-state index contributed by atoms with van der Waals surface area (Å²) < 4.78 is 13.0. The van der Waals surface area contributed by atoms with Crippen LogP contribution in [0.1, 0.15) is 38.3 Å². The molecule has 3 aliphatic heterocycles. The Morgan fingerprint density at radius 3 is 2.68 bits per heavy atom. The lowest BCUT2D eigenvalue weighted by Gasteiger charge is -2.35. The van der Waals surface area contributed by atoms with Crippen LogP contribution < -0.4 is 4.74 Å². The van der Waals surface area contributed by atoms with Crippen molar-refractivity contribution in [2.45, 2.75) is 51.9 Å². The van der Waals surface area contributed by atoms with Gasteiger partial charge in [0.2, 0.25) is 5.91 Å². The maximum atomic E-state index is 14.3. The number of rotatable bonds is 7. The Morgan fingerprint density at radius 2 is 1.97 bits per heavy atom. The van der Waals surface area contributed by atoms with Crippen LogP contribution in [0.25, 0.3) is 0 Å². The highest BCUT2D eigenvalue weighted by Crippen LogP contribution is 2.58. The van der Waals surface area contributed by atoms with Crippen LogP contribution in [0.15, 0.2) is 53.0 Å². The molecule has 34 heavy (non-hydrogen) atoms. The average molecular weight is 528 g/mol. The Hall–Kier alpha value is -1.89. The van der Waals surface area contributed by atoms with E-state index in [-0.39, 0.29) is 17.9 Å². The summed E-state index contributed by atoms with van der Waals surface area (Å²) in [5, 5.41) is 0. The van der Waals surface area contributed by atoms with Crippen molar-refractivity contribution in [2.75, 3.05) is 26.8 Å². The molecule has 4 atom stereocenters. The maximum absolute atomic E-state index is 14.3. The van der Waals surface area contributed by atoms with E-state index in [1.807, 2.05) is 12.1 Å². The summed E-state index contributed by atoms with van der Waals surface area (Å²) in [6.45, 7) is 9.69. The minimum Gasteiger partial charge on any atom is -0.497 e. The van der Waals surface area contributed by atoms with Crippen molar-refractivity contribution < 1.29 is 14.3 Å². The van der Waals surface area contributed by atoms with Gasteiger partial charge in [0.1, 0.15) is 11.5 Å². The van der Waals surface area contributed by atoms with E-state index in [1.54, 1.807) is 7.11 Å². The molecule has 2 aromatic carbocycles. The number of halogens is 1. The fourth-order valence-electron chi connectivity index (χ4n) is 6.53. The molecule has 182 valence electrons. The Balaban J connectivity index is 1.47. The lowest BCUT2D eigenvalue weighted by Crippen LogP contribution is -2.49. The number of likely N-dealkylation sites (tertiary alicyclic amines) is 1. The Morgan fingerprint density at radius 1 is 1.21 bits per heavy atom. The second kappa shape index (κ2) is 8.96. The van der Waals surface area contributed by atoms with Gasteiger partial charge in [0.15, 0.2) is 0 Å². The minimum absolute atomic E-state index is 0.143. The Kier molecular flexibility index (Phi) is 6.28. The van der Waals surface area contributed by atoms with Crippen molar-refractivity contribution >= 4 is 21.8 Å². The number of amides is 1. The Bertz CT molecular complexity index is 1060. The maximum Gasteiger partial charge on any atom is 0.233 e. The van der Waals surface area contributed by atoms with E-state index < -0.39 is 11.1 Å². The van der Waals surface area contributed by atoms with E-state index in [2.05, 4.69) is 82.9 Å². The highest BCUT2D eigenvalue weighted by Gasteiger charge is 2.71. The summed E-state index contributed by atoms with van der Waals surface area (Å²) in [6, 6.07) is 16.8. The molecule has 3 heterocycles. The topological polar surface area (TPSA) is 42.0 Å². The van der Waals surface area contributed by atoms with Crippen LogP contribution in [-0.2, 0) is 22.5 Å². The molecule has 0 N–H and O–H groups in total. The largest absolute Gasteiger partial charge is 0.497 e. The first-order valence-corrected chi connectivity index (χ1v) is 13.1. The molecule has 0 unspecified atom stereocenters. The van der Waals surface area contributed by atoms with Crippen molar-refractivity contribution in [1.82, 2.24) is 9.80 Å². The molecule has 0 saturated carbocycles. The fourth-order valence-corrected chi connectivity index (χ4v) is 6.98. The second-order valence-electron chi connectivity index (χ2n) is 10.7. The summed E-state index contributed by atoms with van der Waals surface area (Å²) in [6.07, 6.45) is 1.61. The van der Waals surface area contributed by atoms with Crippen molar-refractivity contribution in [1.29, 1.82) is 0 Å². The first-order valence-electron chi connectivity index (χ1n) is 12.3. The number of aryl methyl sites for hydroxylation is 1. The van der Waals surface area contributed by atoms with Gasteiger partial charge in [-0.3, -0.25) is 9.69 Å². The number of hydrogen-bond acceptors (Lipinski definition) is 4. The van der Waals surface area contributed by atoms with E-state index in [4.69, 9.17) is 9.47 Å². The molecule has 2 aromatic rings. The van der Waals surface area contributed by atoms with Crippen molar-refractivity contribution in [3.63, 3.8) is 0 Å². The molecular formula is C28H35BrN2O3. The molecule has 0 spiro atoms. The standard InChI is InChI=1S/C28H35BrN2O3/c1-19(2)24-17-34-27(3)25-16-30(15-20-8-6-5-7-9-20)18-28(25,26(32)31(24)27)13-12-21-14-22(33-4)10-11-23(21)29/h5-11,14,19,24-25H,12-13,15-18H2,1-4H3/t24-,25+,27-,28+/m1/s1. The van der Waals surface area contributed by atoms with Crippen LogP contribution in [-0.4, -0.2) is 54.3 Å². The average Bonchev–Trinajstić information content (AvgIpc) is 3.42. The monoisotopic (exact) mass is 526 g/mol. The van der Waals surface area contributed by atoms with E-state index in [1.165, 1.54) is 11.1 Å². The number of carbonyl (C=O) groups excluding carboxylic acids is 1. The molecule has 6 heteroatoms. The molecule has 5 rings (SSSR count). The van der Waals surface area contributed by atoms with Crippen LogP contribution in [0.5, 0.6) is 5.75 Å². The smallest absolute Gasteiger partial charge is 0.233 e. The van der Waals surface area contributed by atoms with Gasteiger partial charge in [-0.25, -0.2) is 0 Å². The summed E-state index contributed by atoms with van der Waals surface area (Å²) >= 11 is 3.71. The van der Waals surface area contributed by atoms with Crippen molar-refractivity contribution in [3.05, 3.63) is 64.1 Å². The lowest BCUT2D eigenvalue weighted by molar-refractivity contribution is -0.144.